The summed E-state index contributed by atoms with van der Waals surface area (Å²) in [6.07, 6.45) is 7.36. The van der Waals surface area contributed by atoms with Gasteiger partial charge in [0, 0.05) is 56.1 Å². The minimum atomic E-state index is 0.0457. The quantitative estimate of drug-likeness (QED) is 0.718. The number of amides is 1. The highest BCUT2D eigenvalue weighted by Gasteiger charge is 2.27. The summed E-state index contributed by atoms with van der Waals surface area (Å²) in [5.74, 6) is 0.582. The maximum Gasteiger partial charge on any atom is 0.224 e. The standard InChI is InChI=1S/C23H25N3O2/c27-17-18-3-5-19(6-4-18)22-15-20(7-10-24-22)21-8-14-26(16-21)23(28)9-13-25-11-1-2-12-25/h1-7,10-12,15,21,27H,8-9,13-14,16-17H2/t21-/m1/s1. The average molecular weight is 375 g/mol. The number of carbonyl (C=O) groups is 1. The summed E-state index contributed by atoms with van der Waals surface area (Å²) < 4.78 is 2.04. The highest BCUT2D eigenvalue weighted by molar-refractivity contribution is 5.76. The van der Waals surface area contributed by atoms with Crippen molar-refractivity contribution in [3.63, 3.8) is 0 Å². The molecule has 0 aliphatic carbocycles. The van der Waals surface area contributed by atoms with Crippen LogP contribution in [0.3, 0.4) is 0 Å². The van der Waals surface area contributed by atoms with Crippen molar-refractivity contribution in [3.8, 4) is 11.3 Å². The molecular formula is C23H25N3O2. The maximum absolute atomic E-state index is 12.5. The van der Waals surface area contributed by atoms with Crippen LogP contribution in [-0.4, -0.2) is 38.6 Å². The van der Waals surface area contributed by atoms with E-state index in [-0.39, 0.29) is 12.5 Å². The van der Waals surface area contributed by atoms with Crippen LogP contribution in [0, 0.1) is 0 Å². The predicted molar refractivity (Wildman–Crippen MR) is 109 cm³/mol. The van der Waals surface area contributed by atoms with Crippen LogP contribution in [0.2, 0.25) is 0 Å². The molecule has 0 unspecified atom stereocenters. The predicted octanol–water partition coefficient (Wildman–Crippen LogP) is 3.45. The Labute approximate surface area is 165 Å². The molecular weight excluding hydrogens is 350 g/mol. The molecule has 1 N–H and O–H groups in total. The number of benzene rings is 1. The molecule has 1 aliphatic rings. The zero-order chi connectivity index (χ0) is 19.3. The van der Waals surface area contributed by atoms with Gasteiger partial charge in [0.1, 0.15) is 0 Å². The van der Waals surface area contributed by atoms with Gasteiger partial charge in [0.2, 0.25) is 5.91 Å². The number of aromatic nitrogens is 2. The van der Waals surface area contributed by atoms with E-state index in [1.807, 2.05) is 64.5 Å². The molecule has 28 heavy (non-hydrogen) atoms. The number of aliphatic hydroxyl groups is 1. The SMILES string of the molecule is O=C(CCn1cccc1)N1CC[C@@H](c2ccnc(-c3ccc(CO)cc3)c2)C1. The van der Waals surface area contributed by atoms with Crippen molar-refractivity contribution in [3.05, 3.63) is 78.2 Å². The summed E-state index contributed by atoms with van der Waals surface area (Å²) in [6, 6.07) is 16.0. The highest BCUT2D eigenvalue weighted by Crippen LogP contribution is 2.29. The highest BCUT2D eigenvalue weighted by atomic mass is 16.3. The lowest BCUT2D eigenvalue weighted by Crippen LogP contribution is -2.29. The molecule has 1 aliphatic heterocycles. The van der Waals surface area contributed by atoms with Crippen molar-refractivity contribution in [2.24, 2.45) is 0 Å². The Bertz CT molecular complexity index is 919. The van der Waals surface area contributed by atoms with Gasteiger partial charge in [-0.2, -0.15) is 0 Å². The van der Waals surface area contributed by atoms with Crippen LogP contribution < -0.4 is 0 Å². The summed E-state index contributed by atoms with van der Waals surface area (Å²) in [5, 5.41) is 9.20. The van der Waals surface area contributed by atoms with Crippen LogP contribution in [0.4, 0.5) is 0 Å². The minimum absolute atomic E-state index is 0.0457. The van der Waals surface area contributed by atoms with Gasteiger partial charge in [-0.15, -0.1) is 0 Å². The van der Waals surface area contributed by atoms with Gasteiger partial charge < -0.3 is 14.6 Å². The van der Waals surface area contributed by atoms with E-state index in [2.05, 4.69) is 17.1 Å². The van der Waals surface area contributed by atoms with E-state index in [1.54, 1.807) is 0 Å². The Morgan fingerprint density at radius 2 is 1.93 bits per heavy atom. The summed E-state index contributed by atoms with van der Waals surface area (Å²) in [7, 11) is 0. The second-order valence-electron chi connectivity index (χ2n) is 7.33. The van der Waals surface area contributed by atoms with Gasteiger partial charge >= 0.3 is 0 Å². The van der Waals surface area contributed by atoms with Crippen LogP contribution in [-0.2, 0) is 17.9 Å². The third kappa shape index (κ3) is 4.15. The molecule has 1 fully saturated rings. The number of pyridine rings is 1. The number of aliphatic hydroxyl groups excluding tert-OH is 1. The van der Waals surface area contributed by atoms with Crippen LogP contribution >= 0.6 is 0 Å². The van der Waals surface area contributed by atoms with Crippen LogP contribution in [0.5, 0.6) is 0 Å². The van der Waals surface area contributed by atoms with Crippen molar-refractivity contribution in [2.75, 3.05) is 13.1 Å². The maximum atomic E-state index is 12.5. The first kappa shape index (κ1) is 18.4. The first-order valence-electron chi connectivity index (χ1n) is 9.77. The number of carbonyl (C=O) groups excluding carboxylic acids is 1. The molecule has 2 aromatic heterocycles. The topological polar surface area (TPSA) is 58.4 Å². The minimum Gasteiger partial charge on any atom is -0.392 e. The Kier molecular flexibility index (Phi) is 5.53. The molecule has 1 atom stereocenters. The number of likely N-dealkylation sites (tertiary alicyclic amines) is 1. The number of aryl methyl sites for hydroxylation is 1. The van der Waals surface area contributed by atoms with Crippen molar-refractivity contribution < 1.29 is 9.90 Å². The van der Waals surface area contributed by atoms with Crippen molar-refractivity contribution in [1.29, 1.82) is 0 Å². The second-order valence-corrected chi connectivity index (χ2v) is 7.33. The van der Waals surface area contributed by atoms with E-state index in [0.717, 1.165) is 42.9 Å². The summed E-state index contributed by atoms with van der Waals surface area (Å²) in [4.78, 5) is 19.0. The fourth-order valence-electron chi connectivity index (χ4n) is 3.80. The Morgan fingerprint density at radius 3 is 2.68 bits per heavy atom. The van der Waals surface area contributed by atoms with Crippen molar-refractivity contribution >= 4 is 5.91 Å². The normalized spacial score (nSPS) is 16.5. The van der Waals surface area contributed by atoms with Gasteiger partial charge in [-0.25, -0.2) is 0 Å². The Morgan fingerprint density at radius 1 is 1.14 bits per heavy atom. The van der Waals surface area contributed by atoms with Gasteiger partial charge in [0.05, 0.1) is 12.3 Å². The van der Waals surface area contributed by atoms with E-state index in [0.29, 0.717) is 12.3 Å². The molecule has 3 aromatic rings. The van der Waals surface area contributed by atoms with Gasteiger partial charge in [-0.3, -0.25) is 9.78 Å². The van der Waals surface area contributed by atoms with E-state index in [4.69, 9.17) is 0 Å². The van der Waals surface area contributed by atoms with Gasteiger partial charge in [0.15, 0.2) is 0 Å². The summed E-state index contributed by atoms with van der Waals surface area (Å²) in [6.45, 7) is 2.37. The first-order chi connectivity index (χ1) is 13.7. The molecule has 144 valence electrons. The lowest BCUT2D eigenvalue weighted by Gasteiger charge is -2.17. The second kappa shape index (κ2) is 8.40. The molecule has 0 radical (unpaired) electrons. The van der Waals surface area contributed by atoms with E-state index in [9.17, 15) is 9.90 Å². The molecule has 1 amide bonds. The van der Waals surface area contributed by atoms with Crippen molar-refractivity contribution in [1.82, 2.24) is 14.5 Å². The Balaban J connectivity index is 1.40. The lowest BCUT2D eigenvalue weighted by atomic mass is 9.97. The molecule has 5 nitrogen and oxygen atoms in total. The van der Waals surface area contributed by atoms with Gasteiger partial charge in [-0.05, 0) is 41.8 Å². The smallest absolute Gasteiger partial charge is 0.224 e. The third-order valence-electron chi connectivity index (χ3n) is 5.48. The first-order valence-corrected chi connectivity index (χ1v) is 9.77. The lowest BCUT2D eigenvalue weighted by molar-refractivity contribution is -0.130. The monoisotopic (exact) mass is 375 g/mol. The molecule has 5 heteroatoms. The molecule has 3 heterocycles. The molecule has 0 saturated carbocycles. The number of nitrogens with zero attached hydrogens (tertiary/aromatic N) is 3. The zero-order valence-electron chi connectivity index (χ0n) is 15.9. The Hall–Kier alpha value is -2.92. The van der Waals surface area contributed by atoms with Crippen LogP contribution in [0.15, 0.2) is 67.1 Å². The number of rotatable bonds is 6. The third-order valence-corrected chi connectivity index (χ3v) is 5.48. The number of hydrogen-bond donors (Lipinski definition) is 1. The van der Waals surface area contributed by atoms with Crippen LogP contribution in [0.1, 0.15) is 29.9 Å². The van der Waals surface area contributed by atoms with Crippen molar-refractivity contribution in [2.45, 2.75) is 31.9 Å². The largest absolute Gasteiger partial charge is 0.392 e. The van der Waals surface area contributed by atoms with E-state index < -0.39 is 0 Å². The molecule has 0 bridgehead atoms. The van der Waals surface area contributed by atoms with Gasteiger partial charge in [0.25, 0.3) is 0 Å². The summed E-state index contributed by atoms with van der Waals surface area (Å²) >= 11 is 0. The number of hydrogen-bond acceptors (Lipinski definition) is 3. The summed E-state index contributed by atoms with van der Waals surface area (Å²) in [5.41, 5.74) is 4.10. The molecule has 4 rings (SSSR count). The fourth-order valence-corrected chi connectivity index (χ4v) is 3.80. The van der Waals surface area contributed by atoms with E-state index in [1.165, 1.54) is 5.56 Å². The van der Waals surface area contributed by atoms with Crippen LogP contribution in [0.25, 0.3) is 11.3 Å². The fraction of sp³-hybridized carbons (Fsp3) is 0.304. The molecule has 1 saturated heterocycles. The average Bonchev–Trinajstić information content (AvgIpc) is 3.44. The molecule has 1 aromatic carbocycles. The van der Waals surface area contributed by atoms with Gasteiger partial charge in [-0.1, -0.05) is 24.3 Å². The molecule has 0 spiro atoms. The van der Waals surface area contributed by atoms with E-state index >= 15 is 0 Å². The zero-order valence-corrected chi connectivity index (χ0v) is 15.9.